The van der Waals surface area contributed by atoms with Gasteiger partial charge in [0.1, 0.15) is 11.6 Å². The van der Waals surface area contributed by atoms with Crippen molar-refractivity contribution in [3.05, 3.63) is 167 Å². The van der Waals surface area contributed by atoms with Gasteiger partial charge < -0.3 is 5.11 Å². The molecule has 0 unspecified atom stereocenters. The predicted molar refractivity (Wildman–Crippen MR) is 267 cm³/mol. The first-order chi connectivity index (χ1) is 42.0. The van der Waals surface area contributed by atoms with Gasteiger partial charge in [0.25, 0.3) is 0 Å². The van der Waals surface area contributed by atoms with Crippen molar-refractivity contribution in [2.24, 2.45) is 0 Å². The lowest BCUT2D eigenvalue weighted by Crippen LogP contribution is -2.17. The molecule has 0 bridgehead atoms. The highest BCUT2D eigenvalue weighted by atomic mass is 16.3. The van der Waals surface area contributed by atoms with E-state index in [0.717, 1.165) is 12.1 Å². The fraction of sp³-hybridized carbons (Fsp3) is 0.288. The molecule has 0 radical (unpaired) electrons. The summed E-state index contributed by atoms with van der Waals surface area (Å²) in [5, 5.41) is 13.1. The molecular weight excluding hydrogens is 767 g/mol. The number of hydrogen-bond acceptors (Lipinski definition) is 3. The molecule has 0 atom stereocenters. The molecule has 8 rings (SSSR count). The molecule has 0 aliphatic heterocycles. The first-order valence-electron chi connectivity index (χ1n) is 34.9. The van der Waals surface area contributed by atoms with Crippen LogP contribution in [-0.4, -0.2) is 19.6 Å². The first-order valence-corrected chi connectivity index (χ1v) is 19.9. The number of aromatic hydroxyl groups is 1. The second-order valence-corrected chi connectivity index (χ2v) is 16.8. The van der Waals surface area contributed by atoms with Crippen LogP contribution in [0.2, 0.25) is 0 Å². The van der Waals surface area contributed by atoms with Crippen LogP contribution < -0.4 is 0 Å². The van der Waals surface area contributed by atoms with Crippen molar-refractivity contribution >= 4 is 11.0 Å². The maximum absolute atomic E-state index is 13.1. The first kappa shape index (κ1) is 20.1. The lowest BCUT2D eigenvalue weighted by molar-refractivity contribution is 0.446. The molecule has 0 aliphatic rings. The fourth-order valence-electron chi connectivity index (χ4n) is 7.69. The van der Waals surface area contributed by atoms with Crippen molar-refractivity contribution in [2.45, 2.75) is 111 Å². The van der Waals surface area contributed by atoms with Crippen molar-refractivity contribution in [2.75, 3.05) is 0 Å². The number of aromatic nitrogens is 3. The van der Waals surface area contributed by atoms with E-state index in [1.165, 1.54) is 47.2 Å². The quantitative estimate of drug-likeness (QED) is 0.181. The molecule has 320 valence electrons. The minimum atomic E-state index is -4.27. The van der Waals surface area contributed by atoms with E-state index in [0.29, 0.717) is 45.1 Å². The highest BCUT2D eigenvalue weighted by molar-refractivity contribution is 5.98. The third-order valence-electron chi connectivity index (χ3n) is 11.0. The van der Waals surface area contributed by atoms with Gasteiger partial charge in [-0.2, -0.15) is 0 Å². The number of fused-ring (bicyclic) bond motifs is 1. The Balaban J connectivity index is 1.54. The van der Waals surface area contributed by atoms with E-state index in [9.17, 15) is 5.11 Å². The highest BCUT2D eigenvalue weighted by Crippen LogP contribution is 2.46. The molecule has 4 heteroatoms. The van der Waals surface area contributed by atoms with E-state index < -0.39 is 124 Å². The molecule has 0 amide bonds. The summed E-state index contributed by atoms with van der Waals surface area (Å²) >= 11 is 0. The van der Waals surface area contributed by atoms with Crippen LogP contribution in [0, 0.1) is 6.85 Å². The second-order valence-electron chi connectivity index (χ2n) is 16.8. The normalized spacial score (nSPS) is 21.6. The number of rotatable bonds is 6. The summed E-state index contributed by atoms with van der Waals surface area (Å²) in [7, 11) is 0. The topological polar surface area (TPSA) is 50.9 Å². The number of phenolic OH excluding ortho intramolecular Hbond substituents is 1. The number of para-hydroxylation sites is 1. The molecule has 1 N–H and O–H groups in total. The Bertz CT molecular complexity index is 4000. The summed E-state index contributed by atoms with van der Waals surface area (Å²) in [6, 6.07) is 31.2. The molecule has 0 saturated carbocycles. The van der Waals surface area contributed by atoms with Gasteiger partial charge in [-0.1, -0.05) is 173 Å². The molecule has 6 aromatic carbocycles. The van der Waals surface area contributed by atoms with E-state index in [1.54, 1.807) is 66.7 Å². The molecule has 0 saturated heterocycles. The summed E-state index contributed by atoms with van der Waals surface area (Å²) in [6.07, 6.45) is 1.46. The monoisotopic (exact) mass is 860 g/mol. The summed E-state index contributed by atoms with van der Waals surface area (Å²) in [5.74, 6) is -2.15. The SMILES string of the molecule is [2H]C([2H])([2H])c1ccc(-n2c(-c3cc(C(C([2H])([2H])[2H])(C([2H])([2H])[2H])C([2H])([2H])[2H])cc(C(C([2H])([2H])[2H])(C([2H])([2H])[2H])C([2H])([2H])[2H])c3O)nc3c(-c4cc(-c5cc(-c6ccc(C(C([2H])([2H])[2H])(C([2H])([2H])[2H])C([2H])([2H])[2H])cc6)ccn5)cc(C(C)(C)C)c4)cccc32)c(-c2ccccc2)c1. The Hall–Kier alpha value is -6.26. The molecule has 2 aromatic heterocycles. The Kier molecular flexibility index (Phi) is 5.04. The minimum Gasteiger partial charge on any atom is -0.507 e. The van der Waals surface area contributed by atoms with Crippen LogP contribution in [0.5, 0.6) is 5.75 Å². The van der Waals surface area contributed by atoms with Crippen LogP contribution in [-0.2, 0) is 21.7 Å². The Morgan fingerprint density at radius 3 is 1.90 bits per heavy atom. The van der Waals surface area contributed by atoms with Crippen LogP contribution >= 0.6 is 0 Å². The van der Waals surface area contributed by atoms with Gasteiger partial charge in [-0.05, 0) is 116 Å². The number of nitrogens with zero attached hydrogens (tertiary/aromatic N) is 3. The standard InChI is InChI=1S/C59H63N3O/c1-37-22-27-51(47(30-37)39-18-15-14-16-19-39)62-52-21-17-20-46(53(52)61-55(62)48-35-45(58(8,9)10)36-49(54(48)63)59(11,12)13)41-31-42(33-44(32-41)57(5,6)7)50-34-40(28-29-60-50)38-23-25-43(26-24-38)56(2,3)4/h14-36,63H,1-13H3/i1D3,2D3,3D3,4D3,8D3,9D3,10D3,11D3,12D3,13D3. The maximum atomic E-state index is 13.1. The van der Waals surface area contributed by atoms with E-state index >= 15 is 0 Å². The molecule has 4 nitrogen and oxygen atoms in total. The molecule has 63 heavy (non-hydrogen) atoms. The highest BCUT2D eigenvalue weighted by Gasteiger charge is 2.29. The van der Waals surface area contributed by atoms with E-state index in [2.05, 4.69) is 4.98 Å². The lowest BCUT2D eigenvalue weighted by atomic mass is 9.79. The number of phenols is 1. The average Bonchev–Trinajstić information content (AvgIpc) is 1.09. The van der Waals surface area contributed by atoms with E-state index in [-0.39, 0.29) is 39.5 Å². The smallest absolute Gasteiger partial charge is 0.149 e. The third-order valence-corrected chi connectivity index (χ3v) is 11.0. The van der Waals surface area contributed by atoms with Crippen LogP contribution in [0.15, 0.2) is 140 Å². The third kappa shape index (κ3) is 8.61. The zero-order valence-corrected chi connectivity index (χ0v) is 34.6. The summed E-state index contributed by atoms with van der Waals surface area (Å²) in [5.41, 5.74) is -13.6. The molecule has 8 aromatic rings. The number of aryl methyl sites for hydroxylation is 1. The lowest BCUT2D eigenvalue weighted by Gasteiger charge is -2.27. The molecule has 0 spiro atoms. The molecule has 2 heterocycles. The van der Waals surface area contributed by atoms with Crippen LogP contribution in [0.1, 0.15) is 151 Å². The van der Waals surface area contributed by atoms with Crippen molar-refractivity contribution in [1.82, 2.24) is 14.5 Å². The summed E-state index contributed by atoms with van der Waals surface area (Å²) in [6.45, 7) is -32.8. The van der Waals surface area contributed by atoms with Crippen molar-refractivity contribution in [1.29, 1.82) is 0 Å². The largest absolute Gasteiger partial charge is 0.507 e. The average molecular weight is 860 g/mol. The van der Waals surface area contributed by atoms with Crippen LogP contribution in [0.3, 0.4) is 0 Å². The number of hydrogen-bond donors (Lipinski definition) is 1. The zero-order valence-electron chi connectivity index (χ0n) is 64.6. The predicted octanol–water partition coefficient (Wildman–Crippen LogP) is 16.0. The van der Waals surface area contributed by atoms with E-state index in [1.807, 2.05) is 26.8 Å². The Morgan fingerprint density at radius 1 is 0.508 bits per heavy atom. The zero-order chi connectivity index (χ0) is 70.2. The van der Waals surface area contributed by atoms with Crippen LogP contribution in [0.4, 0.5) is 0 Å². The van der Waals surface area contributed by atoms with Gasteiger partial charge in [0.2, 0.25) is 0 Å². The minimum absolute atomic E-state index is 0.00301. The number of benzene rings is 6. The maximum Gasteiger partial charge on any atom is 0.149 e. The second kappa shape index (κ2) is 15.8. The fourth-order valence-corrected chi connectivity index (χ4v) is 7.69. The van der Waals surface area contributed by atoms with Crippen molar-refractivity contribution in [3.63, 3.8) is 0 Å². The van der Waals surface area contributed by atoms with Gasteiger partial charge in [0.15, 0.2) is 0 Å². The molecule has 0 aliphatic carbocycles. The Labute approximate surface area is 417 Å². The van der Waals surface area contributed by atoms with Crippen molar-refractivity contribution in [3.8, 4) is 67.5 Å². The van der Waals surface area contributed by atoms with Gasteiger partial charge in [0, 0.05) is 69.6 Å². The van der Waals surface area contributed by atoms with Gasteiger partial charge in [0.05, 0.1) is 28.0 Å². The summed E-state index contributed by atoms with van der Waals surface area (Å²) in [4.78, 5) is 9.75. The molecule has 0 fully saturated rings. The number of pyridine rings is 1. The Morgan fingerprint density at radius 2 is 1.21 bits per heavy atom. The van der Waals surface area contributed by atoms with Gasteiger partial charge >= 0.3 is 0 Å². The summed E-state index contributed by atoms with van der Waals surface area (Å²) < 4.78 is 258. The van der Waals surface area contributed by atoms with Gasteiger partial charge in [-0.3, -0.25) is 9.55 Å². The van der Waals surface area contributed by atoms with Crippen LogP contribution in [0.25, 0.3) is 72.7 Å². The van der Waals surface area contributed by atoms with Crippen molar-refractivity contribution < 1.29 is 46.2 Å². The van der Waals surface area contributed by atoms with Gasteiger partial charge in [-0.25, -0.2) is 4.98 Å². The molecular formula is C59H63N3O. The number of imidazole rings is 1. The van der Waals surface area contributed by atoms with Gasteiger partial charge in [-0.15, -0.1) is 0 Å². The van der Waals surface area contributed by atoms with E-state index in [4.69, 9.17) is 46.1 Å².